The van der Waals surface area contributed by atoms with Gasteiger partial charge in [-0.2, -0.15) is 61.2 Å². The first-order valence-corrected chi connectivity index (χ1v) is 19.7. The van der Waals surface area contributed by atoms with Gasteiger partial charge in [-0.1, -0.05) is 72.8 Å². The molecular weight excluding hydrogens is 953 g/mol. The summed E-state index contributed by atoms with van der Waals surface area (Å²) in [7, 11) is 0. The first-order chi connectivity index (χ1) is 31.3. The van der Waals surface area contributed by atoms with Crippen LogP contribution in [0.5, 0.6) is 0 Å². The van der Waals surface area contributed by atoms with Gasteiger partial charge in [-0.05, 0) is 0 Å². The topological polar surface area (TPSA) is 344 Å². The van der Waals surface area contributed by atoms with E-state index in [1.165, 1.54) is 0 Å². The first-order valence-electron chi connectivity index (χ1n) is 19.7. The van der Waals surface area contributed by atoms with Gasteiger partial charge in [0.1, 0.15) is 0 Å². The molecule has 28 heteroatoms. The van der Waals surface area contributed by atoms with Crippen molar-refractivity contribution in [2.24, 2.45) is 0 Å². The molecule has 0 aliphatic heterocycles. The first kappa shape index (κ1) is 41.6. The predicted molar refractivity (Wildman–Crippen MR) is 236 cm³/mol. The number of nitrogens with zero attached hydrogens (tertiary/aromatic N) is 12. The Hall–Kier alpha value is -7.70. The molecule has 0 radical (unpaired) electrons. The minimum Gasteiger partial charge on any atom is -0.320 e. The van der Waals surface area contributed by atoms with E-state index in [0.29, 0.717) is 0 Å². The van der Waals surface area contributed by atoms with Crippen LogP contribution < -0.4 is 67.1 Å². The molecule has 0 atom stereocenters. The van der Waals surface area contributed by atoms with Crippen molar-refractivity contribution in [3.8, 4) is 0 Å². The third-order valence-corrected chi connectivity index (χ3v) is 11.9. The number of rotatable bonds is 12. The molecule has 12 rings (SSSR count). The second-order valence-corrected chi connectivity index (χ2v) is 14.7. The molecule has 316 valence electrons. The fourth-order valence-electron chi connectivity index (χ4n) is 9.11. The monoisotopic (exact) mass is 990 g/mol. The van der Waals surface area contributed by atoms with Crippen LogP contribution >= 0.6 is 0 Å². The van der Waals surface area contributed by atoms with E-state index in [1.54, 1.807) is 74.4 Å². The standard InChI is InChI=1S/3C12H12BN8.Eu/c3*1-5-14-18-9(1)13(10-2-6-15-19-10,11-3-7-16-20-11)12-4-8-17-21-12;/h3*1-8H,(H,14,18)(H,15,19)(H,16,20)(H,17,21);/q3*-1;+3. The van der Waals surface area contributed by atoms with Crippen molar-refractivity contribution >= 4 is 85.6 Å². The molecule has 0 unspecified atom stereocenters. The molecule has 12 heterocycles. The third kappa shape index (κ3) is 7.01. The van der Waals surface area contributed by atoms with Gasteiger partial charge >= 0.3 is 49.4 Å². The number of H-pyrrole nitrogens is 12. The maximum Gasteiger partial charge on any atom is 3.00 e. The van der Waals surface area contributed by atoms with Gasteiger partial charge in [-0.3, -0.25) is 0 Å². The maximum absolute atomic E-state index is 4.11. The molecule has 0 spiro atoms. The summed E-state index contributed by atoms with van der Waals surface area (Å²) >= 11 is 0. The average molecular weight is 989 g/mol. The van der Waals surface area contributed by atoms with Crippen LogP contribution in [-0.4, -0.2) is 141 Å². The molecule has 12 aromatic rings. The Balaban J connectivity index is 0.000000121. The largest absolute Gasteiger partial charge is 3.00 e. The molecule has 24 nitrogen and oxygen atoms in total. The third-order valence-electron chi connectivity index (χ3n) is 11.9. The van der Waals surface area contributed by atoms with Gasteiger partial charge in [0.15, 0.2) is 18.4 Å². The average Bonchev–Trinajstić information content (AvgIpc) is 4.18. The number of hydrogen-bond acceptors (Lipinski definition) is 12. The zero-order valence-electron chi connectivity index (χ0n) is 33.3. The zero-order valence-corrected chi connectivity index (χ0v) is 35.8. The van der Waals surface area contributed by atoms with Crippen molar-refractivity contribution in [3.05, 3.63) is 147 Å². The van der Waals surface area contributed by atoms with Crippen LogP contribution in [0.15, 0.2) is 147 Å². The summed E-state index contributed by atoms with van der Waals surface area (Å²) < 4.78 is 0. The summed E-state index contributed by atoms with van der Waals surface area (Å²) in [5, 5.41) is 86.2. The quantitative estimate of drug-likeness (QED) is 0.0509. The van der Waals surface area contributed by atoms with Crippen molar-refractivity contribution in [2.45, 2.75) is 0 Å². The second kappa shape index (κ2) is 18.3. The Labute approximate surface area is 401 Å². The molecule has 0 amide bonds. The molecule has 0 bridgehead atoms. The van der Waals surface area contributed by atoms with E-state index in [4.69, 9.17) is 0 Å². The van der Waals surface area contributed by atoms with E-state index in [1.807, 2.05) is 72.8 Å². The minimum atomic E-state index is -1.53. The second-order valence-electron chi connectivity index (χ2n) is 14.7. The van der Waals surface area contributed by atoms with Crippen molar-refractivity contribution in [3.63, 3.8) is 0 Å². The summed E-state index contributed by atoms with van der Waals surface area (Å²) in [5.41, 5.74) is 11.3. The summed E-state index contributed by atoms with van der Waals surface area (Å²) in [6, 6.07) is 23.4. The van der Waals surface area contributed by atoms with E-state index in [2.05, 4.69) is 122 Å². The fraction of sp³-hybridized carbons (Fsp3) is 0. The normalized spacial score (nSPS) is 11.6. The van der Waals surface area contributed by atoms with Crippen LogP contribution in [0.2, 0.25) is 0 Å². The Kier molecular flexibility index (Phi) is 11.9. The molecule has 0 aromatic carbocycles. The SMILES string of the molecule is [Eu+3].c1cc([B-](c2ccn[nH]2)(c2ccn[nH]2)c2ccn[nH]2)[nH]n1.c1cc([B-](c2ccn[nH]2)(c2ccn[nH]2)c2ccn[nH]2)[nH]n1.c1cc([B-](c2ccn[nH]2)(c2ccn[nH]2)c2ccn[nH]2)[nH]n1. The van der Waals surface area contributed by atoms with Crippen LogP contribution in [0.4, 0.5) is 0 Å². The van der Waals surface area contributed by atoms with Crippen LogP contribution in [0, 0.1) is 49.4 Å². The van der Waals surface area contributed by atoms with Crippen LogP contribution in [0.3, 0.4) is 0 Å². The molecule has 12 aromatic heterocycles. The minimum absolute atomic E-state index is 0. The smallest absolute Gasteiger partial charge is 0.320 e. The number of aromatic nitrogens is 24. The van der Waals surface area contributed by atoms with Crippen LogP contribution in [0.1, 0.15) is 0 Å². The molecule has 0 saturated heterocycles. The van der Waals surface area contributed by atoms with Gasteiger partial charge in [0.05, 0.1) is 0 Å². The van der Waals surface area contributed by atoms with Crippen LogP contribution in [0.25, 0.3) is 0 Å². The van der Waals surface area contributed by atoms with Crippen LogP contribution in [-0.2, 0) is 0 Å². The number of hydrogen-bond donors (Lipinski definition) is 12. The molecule has 0 saturated carbocycles. The summed E-state index contributed by atoms with van der Waals surface area (Å²) in [5.74, 6) is 0. The molecular formula is C36H36B3EuN24. The van der Waals surface area contributed by atoms with Gasteiger partial charge in [-0.25, -0.2) is 0 Å². The Morgan fingerprint density at radius 1 is 0.188 bits per heavy atom. The Morgan fingerprint density at radius 2 is 0.281 bits per heavy atom. The van der Waals surface area contributed by atoms with E-state index in [-0.39, 0.29) is 49.4 Å². The summed E-state index contributed by atoms with van der Waals surface area (Å²) in [6.45, 7) is 0. The molecule has 0 aliphatic rings. The number of aromatic amines is 12. The summed E-state index contributed by atoms with van der Waals surface area (Å²) in [4.78, 5) is 0. The van der Waals surface area contributed by atoms with E-state index < -0.39 is 18.4 Å². The predicted octanol–water partition coefficient (Wildman–Crippen LogP) is -6.13. The van der Waals surface area contributed by atoms with Gasteiger partial charge in [-0.15, -0.1) is 67.1 Å². The maximum atomic E-state index is 4.11. The van der Waals surface area contributed by atoms with Crippen molar-refractivity contribution in [2.75, 3.05) is 0 Å². The Bertz CT molecular complexity index is 2270. The van der Waals surface area contributed by atoms with Gasteiger partial charge in [0, 0.05) is 74.4 Å². The van der Waals surface area contributed by atoms with Crippen molar-refractivity contribution in [1.82, 2.24) is 122 Å². The van der Waals surface area contributed by atoms with E-state index in [0.717, 1.165) is 67.1 Å². The van der Waals surface area contributed by atoms with E-state index >= 15 is 0 Å². The molecule has 64 heavy (non-hydrogen) atoms. The van der Waals surface area contributed by atoms with Gasteiger partial charge < -0.3 is 61.2 Å². The molecule has 0 fully saturated rings. The summed E-state index contributed by atoms with van der Waals surface area (Å²) in [6.07, 6.45) is 16.2. The number of nitrogens with one attached hydrogen (secondary N) is 12. The van der Waals surface area contributed by atoms with Gasteiger partial charge in [0.2, 0.25) is 0 Å². The fourth-order valence-corrected chi connectivity index (χ4v) is 9.11. The van der Waals surface area contributed by atoms with E-state index in [9.17, 15) is 0 Å². The van der Waals surface area contributed by atoms with Crippen molar-refractivity contribution < 1.29 is 49.4 Å². The molecule has 0 aliphatic carbocycles. The zero-order chi connectivity index (χ0) is 42.4. The van der Waals surface area contributed by atoms with Crippen molar-refractivity contribution in [1.29, 1.82) is 0 Å². The Morgan fingerprint density at radius 3 is 0.344 bits per heavy atom. The van der Waals surface area contributed by atoms with Gasteiger partial charge in [0.25, 0.3) is 0 Å². The molecule has 12 N–H and O–H groups in total.